The highest BCUT2D eigenvalue weighted by molar-refractivity contribution is 5.77. The van der Waals surface area contributed by atoms with Crippen LogP contribution >= 0.6 is 0 Å². The van der Waals surface area contributed by atoms with Crippen molar-refractivity contribution in [3.8, 4) is 0 Å². The van der Waals surface area contributed by atoms with Gasteiger partial charge in [-0.3, -0.25) is 4.79 Å². The molecule has 0 saturated heterocycles. The van der Waals surface area contributed by atoms with Crippen molar-refractivity contribution in [2.45, 2.75) is 12.7 Å². The van der Waals surface area contributed by atoms with Crippen LogP contribution in [-0.4, -0.2) is 13.3 Å². The van der Waals surface area contributed by atoms with E-state index in [0.29, 0.717) is 12.8 Å². The van der Waals surface area contributed by atoms with Crippen LogP contribution in [0.15, 0.2) is 48.5 Å². The minimum absolute atomic E-state index is 0.0131. The zero-order valence-electron chi connectivity index (χ0n) is 11.4. The molecule has 0 N–H and O–H groups in total. The van der Waals surface area contributed by atoms with Crippen molar-refractivity contribution >= 4 is 12.0 Å². The maximum absolute atomic E-state index is 13.1. The molecule has 0 fully saturated rings. The molecule has 2 rings (SSSR count). The second-order valence-corrected chi connectivity index (χ2v) is 4.73. The molecule has 0 heterocycles. The summed E-state index contributed by atoms with van der Waals surface area (Å²) in [7, 11) is 1.60. The van der Waals surface area contributed by atoms with Crippen LogP contribution in [0.5, 0.6) is 0 Å². The van der Waals surface area contributed by atoms with E-state index in [1.807, 2.05) is 30.3 Å². The van der Waals surface area contributed by atoms with Gasteiger partial charge in [0.15, 0.2) is 0 Å². The van der Waals surface area contributed by atoms with Gasteiger partial charge in [-0.25, -0.2) is 0 Å². The Morgan fingerprint density at radius 2 is 1.76 bits per heavy atom. The molecule has 2 aromatic carbocycles. The van der Waals surface area contributed by atoms with Crippen LogP contribution in [0.3, 0.4) is 0 Å². The lowest BCUT2D eigenvalue weighted by Crippen LogP contribution is -2.21. The summed E-state index contributed by atoms with van der Waals surface area (Å²) in [6.07, 6.45) is -4.09. The zero-order valence-corrected chi connectivity index (χ0v) is 11.4. The zero-order chi connectivity index (χ0) is 15.5. The molecule has 0 unspecified atom stereocenters. The largest absolute Gasteiger partial charge is 0.418 e. The summed E-state index contributed by atoms with van der Waals surface area (Å²) in [4.78, 5) is 12.2. The molecule has 5 heteroatoms. The number of carbonyl (C=O) groups excluding carboxylic acids is 1. The fraction of sp³-hybridized carbons (Fsp3) is 0.188. The topological polar surface area (TPSA) is 20.3 Å². The number of benzene rings is 2. The molecule has 2 nitrogen and oxygen atoms in total. The van der Waals surface area contributed by atoms with E-state index >= 15 is 0 Å². The second kappa shape index (κ2) is 5.99. The molecule has 2 aromatic rings. The molecule has 0 atom stereocenters. The molecule has 0 amide bonds. The monoisotopic (exact) mass is 293 g/mol. The van der Waals surface area contributed by atoms with E-state index < -0.39 is 11.7 Å². The average molecular weight is 293 g/mol. The van der Waals surface area contributed by atoms with Crippen molar-refractivity contribution in [3.05, 3.63) is 65.2 Å². The predicted octanol–water partition coefficient (Wildman–Crippen LogP) is 4.15. The first-order valence-corrected chi connectivity index (χ1v) is 6.33. The van der Waals surface area contributed by atoms with Gasteiger partial charge in [0.05, 0.1) is 5.56 Å². The van der Waals surface area contributed by atoms with Gasteiger partial charge in [-0.15, -0.1) is 0 Å². The quantitative estimate of drug-likeness (QED) is 0.789. The smallest absolute Gasteiger partial charge is 0.370 e. The average Bonchev–Trinajstić information content (AvgIpc) is 2.46. The Morgan fingerprint density at radius 1 is 1.10 bits per heavy atom. The van der Waals surface area contributed by atoms with Gasteiger partial charge in [-0.2, -0.15) is 13.2 Å². The van der Waals surface area contributed by atoms with Crippen molar-refractivity contribution in [1.82, 2.24) is 0 Å². The van der Waals surface area contributed by atoms with E-state index in [0.717, 1.165) is 11.6 Å². The third-order valence-corrected chi connectivity index (χ3v) is 3.14. The SMILES string of the molecule is CN(Cc1ccccc1)c1ccc(C=O)cc1C(F)(F)F. The number of rotatable bonds is 4. The minimum atomic E-state index is -4.50. The van der Waals surface area contributed by atoms with Gasteiger partial charge in [-0.05, 0) is 23.8 Å². The highest BCUT2D eigenvalue weighted by Gasteiger charge is 2.34. The molecule has 0 aromatic heterocycles. The molecule has 21 heavy (non-hydrogen) atoms. The number of aldehydes is 1. The summed E-state index contributed by atoms with van der Waals surface area (Å²) >= 11 is 0. The predicted molar refractivity (Wildman–Crippen MR) is 75.4 cm³/mol. The first-order valence-electron chi connectivity index (χ1n) is 6.33. The summed E-state index contributed by atoms with van der Waals surface area (Å²) in [6.45, 7) is 0.352. The molecule has 0 aliphatic heterocycles. The molecule has 0 spiro atoms. The van der Waals surface area contributed by atoms with Crippen molar-refractivity contribution in [1.29, 1.82) is 0 Å². The first kappa shape index (κ1) is 15.1. The van der Waals surface area contributed by atoms with Crippen LogP contribution in [0.4, 0.5) is 18.9 Å². The molecule has 0 radical (unpaired) electrons. The Kier molecular flexibility index (Phi) is 4.31. The van der Waals surface area contributed by atoms with Crippen molar-refractivity contribution < 1.29 is 18.0 Å². The number of anilines is 1. The number of alkyl halides is 3. The Bertz CT molecular complexity index is 623. The maximum atomic E-state index is 13.1. The van der Waals surface area contributed by atoms with Crippen LogP contribution in [0.2, 0.25) is 0 Å². The van der Waals surface area contributed by atoms with E-state index in [9.17, 15) is 18.0 Å². The van der Waals surface area contributed by atoms with Gasteiger partial charge >= 0.3 is 6.18 Å². The minimum Gasteiger partial charge on any atom is -0.370 e. The molecule has 0 bridgehead atoms. The van der Waals surface area contributed by atoms with Crippen molar-refractivity contribution in [2.75, 3.05) is 11.9 Å². The van der Waals surface area contributed by atoms with Gasteiger partial charge in [0.25, 0.3) is 0 Å². The third-order valence-electron chi connectivity index (χ3n) is 3.14. The fourth-order valence-corrected chi connectivity index (χ4v) is 2.13. The number of halogens is 3. The molecule has 0 aliphatic carbocycles. The van der Waals surface area contributed by atoms with Crippen molar-refractivity contribution in [2.24, 2.45) is 0 Å². The summed E-state index contributed by atoms with van der Waals surface area (Å²) in [5.41, 5.74) is 0.175. The van der Waals surface area contributed by atoms with Gasteiger partial charge in [0.2, 0.25) is 0 Å². The Balaban J connectivity index is 2.36. The van der Waals surface area contributed by atoms with Crippen LogP contribution < -0.4 is 4.90 Å². The second-order valence-electron chi connectivity index (χ2n) is 4.73. The third kappa shape index (κ3) is 3.62. The summed E-state index contributed by atoms with van der Waals surface area (Å²) in [5, 5.41) is 0. The normalized spacial score (nSPS) is 11.2. The summed E-state index contributed by atoms with van der Waals surface area (Å²) in [6, 6.07) is 12.8. The highest BCUT2D eigenvalue weighted by atomic mass is 19.4. The first-order chi connectivity index (χ1) is 9.91. The fourth-order valence-electron chi connectivity index (χ4n) is 2.13. The molecule has 110 valence electrons. The molecular weight excluding hydrogens is 279 g/mol. The Morgan fingerprint density at radius 3 is 2.33 bits per heavy atom. The summed E-state index contributed by atoms with van der Waals surface area (Å²) < 4.78 is 39.4. The van der Waals surface area contributed by atoms with Gasteiger partial charge in [0.1, 0.15) is 6.29 Å². The van der Waals surface area contributed by atoms with E-state index in [-0.39, 0.29) is 11.3 Å². The number of carbonyl (C=O) groups is 1. The van der Waals surface area contributed by atoms with Gasteiger partial charge in [-0.1, -0.05) is 30.3 Å². The Hall–Kier alpha value is -2.30. The highest BCUT2D eigenvalue weighted by Crippen LogP contribution is 2.37. The van der Waals surface area contributed by atoms with E-state index in [1.165, 1.54) is 17.0 Å². The number of nitrogens with zero attached hydrogens (tertiary/aromatic N) is 1. The standard InChI is InChI=1S/C16H14F3NO/c1-20(10-12-5-3-2-4-6-12)15-8-7-13(11-21)9-14(15)16(17,18)19/h2-9,11H,10H2,1H3. The van der Waals surface area contributed by atoms with Crippen molar-refractivity contribution in [3.63, 3.8) is 0 Å². The molecule has 0 saturated carbocycles. The maximum Gasteiger partial charge on any atom is 0.418 e. The lowest BCUT2D eigenvalue weighted by Gasteiger charge is -2.24. The number of hydrogen-bond donors (Lipinski definition) is 0. The van der Waals surface area contributed by atoms with Crippen LogP contribution in [0, 0.1) is 0 Å². The van der Waals surface area contributed by atoms with Crippen LogP contribution in [0.25, 0.3) is 0 Å². The van der Waals surface area contributed by atoms with Gasteiger partial charge < -0.3 is 4.90 Å². The lowest BCUT2D eigenvalue weighted by atomic mass is 10.1. The number of hydrogen-bond acceptors (Lipinski definition) is 2. The Labute approximate surface area is 120 Å². The van der Waals surface area contributed by atoms with E-state index in [2.05, 4.69) is 0 Å². The van der Waals surface area contributed by atoms with E-state index in [4.69, 9.17) is 0 Å². The van der Waals surface area contributed by atoms with E-state index in [1.54, 1.807) is 7.05 Å². The van der Waals surface area contributed by atoms with Gasteiger partial charge in [0, 0.05) is 24.8 Å². The van der Waals surface area contributed by atoms with Crippen LogP contribution in [-0.2, 0) is 12.7 Å². The molecular formula is C16H14F3NO. The lowest BCUT2D eigenvalue weighted by molar-refractivity contribution is -0.137. The summed E-state index contributed by atoms with van der Waals surface area (Å²) in [5.74, 6) is 0. The van der Waals surface area contributed by atoms with Crippen LogP contribution in [0.1, 0.15) is 21.5 Å². The molecule has 0 aliphatic rings.